The largest absolute Gasteiger partial charge is 0.573 e. The molecule has 4 rings (SSSR count). The minimum Gasteiger partial charge on any atom is -0.479 e. The maximum Gasteiger partial charge on any atom is 0.573 e. The molecule has 0 saturated heterocycles. The highest BCUT2D eigenvalue weighted by atomic mass is 19.4. The number of halogens is 3. The zero-order valence-corrected chi connectivity index (χ0v) is 24.0. The fraction of sp³-hybridized carbons (Fsp3) is 0.281. The second kappa shape index (κ2) is 14.7. The third-order valence-corrected chi connectivity index (χ3v) is 7.09. The molecule has 0 unspecified atom stereocenters. The number of aliphatic hydroxyl groups is 2. The molecule has 0 aromatic heterocycles. The van der Waals surface area contributed by atoms with Crippen molar-refractivity contribution in [2.75, 3.05) is 16.8 Å². The Morgan fingerprint density at radius 3 is 2.29 bits per heavy atom. The summed E-state index contributed by atoms with van der Waals surface area (Å²) in [6.07, 6.45) is -0.305. The normalized spacial score (nSPS) is 13.8. The third kappa shape index (κ3) is 9.30. The SMILES string of the molecule is O=C(NC[C@@H](O)C(=O)O)c1ccc(CN(C(=O)Nc2ccc(OC(F)(F)F)c(CO)c2)c2ccc(C3=CCCCC3)cc2)cc1. The fourth-order valence-electron chi connectivity index (χ4n) is 4.75. The Labute approximate surface area is 256 Å². The van der Waals surface area contributed by atoms with E-state index in [-0.39, 0.29) is 23.4 Å². The lowest BCUT2D eigenvalue weighted by Crippen LogP contribution is -2.36. The number of hydrogen-bond donors (Lipinski definition) is 5. The maximum absolute atomic E-state index is 13.6. The molecule has 1 aliphatic rings. The minimum atomic E-state index is -4.96. The second-order valence-electron chi connectivity index (χ2n) is 10.3. The van der Waals surface area contributed by atoms with Crippen molar-refractivity contribution in [3.63, 3.8) is 0 Å². The Balaban J connectivity index is 1.56. The number of anilines is 2. The number of urea groups is 1. The summed E-state index contributed by atoms with van der Waals surface area (Å²) >= 11 is 0. The average Bonchev–Trinajstić information content (AvgIpc) is 3.03. The van der Waals surface area contributed by atoms with Gasteiger partial charge in [-0.2, -0.15) is 0 Å². The molecular formula is C32H32F3N3O7. The van der Waals surface area contributed by atoms with Crippen molar-refractivity contribution in [2.24, 2.45) is 0 Å². The van der Waals surface area contributed by atoms with Gasteiger partial charge in [-0.3, -0.25) is 9.69 Å². The molecule has 5 N–H and O–H groups in total. The first-order valence-electron chi connectivity index (χ1n) is 14.1. The van der Waals surface area contributed by atoms with Crippen LogP contribution in [0.15, 0.2) is 72.8 Å². The standard InChI is InChI=1S/C32H32F3N3O7/c33-32(34,35)45-28-15-12-25(16-24(28)19-39)37-31(44)38(26-13-10-22(11-14-26)21-4-2-1-3-5-21)18-20-6-8-23(9-7-20)29(41)36-17-27(40)30(42)43/h4,6-16,27,39-40H,1-3,5,17-19H2,(H,36,41)(H,37,44)(H,42,43)/t27-/m1/s1. The first-order valence-corrected chi connectivity index (χ1v) is 14.1. The number of nitrogens with zero attached hydrogens (tertiary/aromatic N) is 1. The fourth-order valence-corrected chi connectivity index (χ4v) is 4.75. The summed E-state index contributed by atoms with van der Waals surface area (Å²) < 4.78 is 42.2. The lowest BCUT2D eigenvalue weighted by atomic mass is 9.93. The number of carbonyl (C=O) groups is 3. The molecular weight excluding hydrogens is 595 g/mol. The highest BCUT2D eigenvalue weighted by Gasteiger charge is 2.32. The number of alkyl halides is 3. The number of aliphatic hydroxyl groups excluding tert-OH is 2. The number of rotatable bonds is 11. The molecule has 0 saturated carbocycles. The van der Waals surface area contributed by atoms with Gasteiger partial charge in [-0.1, -0.05) is 30.3 Å². The molecule has 0 aliphatic heterocycles. The van der Waals surface area contributed by atoms with Gasteiger partial charge in [0.15, 0.2) is 6.10 Å². The minimum absolute atomic E-state index is 0.0373. The van der Waals surface area contributed by atoms with Crippen molar-refractivity contribution in [1.82, 2.24) is 5.32 Å². The van der Waals surface area contributed by atoms with E-state index < -0.39 is 49.3 Å². The maximum atomic E-state index is 13.6. The van der Waals surface area contributed by atoms with E-state index in [2.05, 4.69) is 21.4 Å². The molecule has 0 spiro atoms. The summed E-state index contributed by atoms with van der Waals surface area (Å²) in [5.41, 5.74) is 3.57. The molecule has 45 heavy (non-hydrogen) atoms. The smallest absolute Gasteiger partial charge is 0.479 e. The number of benzene rings is 3. The lowest BCUT2D eigenvalue weighted by molar-refractivity contribution is -0.275. The summed E-state index contributed by atoms with van der Waals surface area (Å²) in [5.74, 6) is -2.65. The topological polar surface area (TPSA) is 148 Å². The molecule has 3 aromatic carbocycles. The average molecular weight is 628 g/mol. The highest BCUT2D eigenvalue weighted by molar-refractivity contribution is 6.02. The van der Waals surface area contributed by atoms with Crippen LogP contribution in [0.3, 0.4) is 0 Å². The van der Waals surface area contributed by atoms with Gasteiger partial charge in [-0.15, -0.1) is 13.2 Å². The van der Waals surface area contributed by atoms with E-state index >= 15 is 0 Å². The summed E-state index contributed by atoms with van der Waals surface area (Å²) in [4.78, 5) is 38.2. The molecule has 3 amide bonds. The first kappa shape index (κ1) is 33.0. The van der Waals surface area contributed by atoms with Gasteiger partial charge in [0.1, 0.15) is 5.75 Å². The first-order chi connectivity index (χ1) is 21.4. The van der Waals surface area contributed by atoms with Crippen molar-refractivity contribution in [2.45, 2.75) is 51.3 Å². The Morgan fingerprint density at radius 2 is 1.69 bits per heavy atom. The van der Waals surface area contributed by atoms with Crippen molar-refractivity contribution in [1.29, 1.82) is 0 Å². The summed E-state index contributed by atoms with van der Waals surface area (Å²) in [5, 5.41) is 32.8. The Bertz CT molecular complexity index is 1540. The predicted octanol–water partition coefficient (Wildman–Crippen LogP) is 5.45. The van der Waals surface area contributed by atoms with Crippen molar-refractivity contribution < 1.29 is 47.6 Å². The van der Waals surface area contributed by atoms with Gasteiger partial charge in [0.2, 0.25) is 0 Å². The van der Waals surface area contributed by atoms with Gasteiger partial charge < -0.3 is 30.7 Å². The Hall–Kier alpha value is -4.88. The quantitative estimate of drug-likeness (QED) is 0.190. The lowest BCUT2D eigenvalue weighted by Gasteiger charge is -2.24. The number of carbonyl (C=O) groups excluding carboxylic acids is 2. The van der Waals surface area contributed by atoms with Crippen LogP contribution >= 0.6 is 0 Å². The van der Waals surface area contributed by atoms with E-state index in [0.29, 0.717) is 11.3 Å². The van der Waals surface area contributed by atoms with E-state index in [4.69, 9.17) is 5.11 Å². The van der Waals surface area contributed by atoms with Crippen molar-refractivity contribution in [3.05, 3.63) is 95.1 Å². The summed E-state index contributed by atoms with van der Waals surface area (Å²) in [7, 11) is 0. The molecule has 1 atom stereocenters. The van der Waals surface area contributed by atoms with E-state index in [9.17, 15) is 37.8 Å². The third-order valence-electron chi connectivity index (χ3n) is 7.09. The number of carboxylic acid groups (broad SMARTS) is 1. The van der Waals surface area contributed by atoms with E-state index in [1.807, 2.05) is 12.1 Å². The molecule has 238 valence electrons. The zero-order chi connectivity index (χ0) is 32.6. The van der Waals surface area contributed by atoms with E-state index in [0.717, 1.165) is 37.3 Å². The molecule has 0 fully saturated rings. The van der Waals surface area contributed by atoms with Gasteiger partial charge in [0, 0.05) is 22.5 Å². The van der Waals surface area contributed by atoms with Crippen LogP contribution in [0.1, 0.15) is 52.7 Å². The number of hydrogen-bond acceptors (Lipinski definition) is 6. The second-order valence-corrected chi connectivity index (χ2v) is 10.3. The molecule has 0 bridgehead atoms. The summed E-state index contributed by atoms with van der Waals surface area (Å²) in [6.45, 7) is -1.20. The van der Waals surface area contributed by atoms with Crippen LogP contribution in [-0.2, 0) is 17.9 Å². The highest BCUT2D eigenvalue weighted by Crippen LogP contribution is 2.31. The van der Waals surface area contributed by atoms with E-state index in [1.54, 1.807) is 24.3 Å². The van der Waals surface area contributed by atoms with Crippen LogP contribution in [0.4, 0.5) is 29.3 Å². The zero-order valence-electron chi connectivity index (χ0n) is 24.0. The number of nitrogens with one attached hydrogen (secondary N) is 2. The van der Waals surface area contributed by atoms with Crippen LogP contribution in [0.5, 0.6) is 5.75 Å². The van der Waals surface area contributed by atoms with Crippen LogP contribution < -0.4 is 20.3 Å². The number of aliphatic carboxylic acids is 1. The molecule has 1 aliphatic carbocycles. The number of carboxylic acids is 1. The van der Waals surface area contributed by atoms with Crippen LogP contribution in [-0.4, -0.2) is 52.2 Å². The van der Waals surface area contributed by atoms with Crippen LogP contribution in [0.25, 0.3) is 5.57 Å². The predicted molar refractivity (Wildman–Crippen MR) is 160 cm³/mol. The monoisotopic (exact) mass is 627 g/mol. The van der Waals surface area contributed by atoms with Crippen LogP contribution in [0, 0.1) is 0 Å². The van der Waals surface area contributed by atoms with E-state index in [1.165, 1.54) is 34.7 Å². The Morgan fingerprint density at radius 1 is 0.978 bits per heavy atom. The van der Waals surface area contributed by atoms with Crippen molar-refractivity contribution in [3.8, 4) is 5.75 Å². The molecule has 10 nitrogen and oxygen atoms in total. The molecule has 0 heterocycles. The van der Waals surface area contributed by atoms with Gasteiger partial charge in [-0.05, 0) is 84.8 Å². The molecule has 0 radical (unpaired) electrons. The molecule has 3 aromatic rings. The van der Waals surface area contributed by atoms with Gasteiger partial charge in [0.05, 0.1) is 19.7 Å². The molecule has 13 heteroatoms. The van der Waals surface area contributed by atoms with Gasteiger partial charge in [-0.25, -0.2) is 9.59 Å². The van der Waals surface area contributed by atoms with Crippen LogP contribution in [0.2, 0.25) is 0 Å². The summed E-state index contributed by atoms with van der Waals surface area (Å²) in [6, 6.07) is 16.4. The number of ether oxygens (including phenoxy) is 1. The van der Waals surface area contributed by atoms with Gasteiger partial charge in [0.25, 0.3) is 5.91 Å². The van der Waals surface area contributed by atoms with Gasteiger partial charge >= 0.3 is 18.4 Å². The Kier molecular flexibility index (Phi) is 10.8. The van der Waals surface area contributed by atoms with Crippen molar-refractivity contribution >= 4 is 34.9 Å². The number of allylic oxidation sites excluding steroid dienone is 2. The number of amides is 3.